The van der Waals surface area contributed by atoms with Crippen LogP contribution in [0.5, 0.6) is 5.75 Å². The molecule has 0 aliphatic carbocycles. The fraction of sp³-hybridized carbons (Fsp3) is 0.0714. The van der Waals surface area contributed by atoms with Gasteiger partial charge in [-0.25, -0.2) is 0 Å². The van der Waals surface area contributed by atoms with E-state index in [4.69, 9.17) is 0 Å². The maximum absolute atomic E-state index is 12.0. The van der Waals surface area contributed by atoms with E-state index in [-0.39, 0.29) is 5.75 Å². The fourth-order valence-corrected chi connectivity index (χ4v) is 1.64. The highest BCUT2D eigenvalue weighted by Gasteiger charge is 2.30. The van der Waals surface area contributed by atoms with Gasteiger partial charge in [-0.15, -0.1) is 13.2 Å². The van der Waals surface area contributed by atoms with Crippen molar-refractivity contribution in [2.45, 2.75) is 6.36 Å². The van der Waals surface area contributed by atoms with Crippen molar-refractivity contribution in [2.75, 3.05) is 0 Å². The second-order valence-electron chi connectivity index (χ2n) is 3.82. The molecule has 0 spiro atoms. The van der Waals surface area contributed by atoms with Gasteiger partial charge < -0.3 is 4.74 Å². The number of rotatable bonds is 3. The summed E-state index contributed by atoms with van der Waals surface area (Å²) in [5.74, 6) is -0.275. The Hall–Kier alpha value is -2.30. The standard InChI is InChI=1S/C14H9F3O2/c15-14(16,17)19-13-6-4-11(5-7-13)12-3-1-2-10(8-12)9-18/h1-9H. The molecule has 5 heteroatoms. The Balaban J connectivity index is 2.24. The zero-order chi connectivity index (χ0) is 13.9. The van der Waals surface area contributed by atoms with Crippen LogP contribution in [0.15, 0.2) is 48.5 Å². The van der Waals surface area contributed by atoms with Crippen LogP contribution in [-0.2, 0) is 0 Å². The van der Waals surface area contributed by atoms with Crippen molar-refractivity contribution in [2.24, 2.45) is 0 Å². The SMILES string of the molecule is O=Cc1cccc(-c2ccc(OC(F)(F)F)cc2)c1. The van der Waals surface area contributed by atoms with Crippen molar-refractivity contribution in [3.63, 3.8) is 0 Å². The zero-order valence-electron chi connectivity index (χ0n) is 9.65. The number of aldehydes is 1. The van der Waals surface area contributed by atoms with Gasteiger partial charge in [0.15, 0.2) is 0 Å². The summed E-state index contributed by atoms with van der Waals surface area (Å²) in [6.45, 7) is 0. The maximum atomic E-state index is 12.0. The van der Waals surface area contributed by atoms with Crippen LogP contribution in [0.25, 0.3) is 11.1 Å². The summed E-state index contributed by atoms with van der Waals surface area (Å²) in [6.07, 6.45) is -3.98. The van der Waals surface area contributed by atoms with E-state index >= 15 is 0 Å². The van der Waals surface area contributed by atoms with Crippen molar-refractivity contribution in [3.05, 3.63) is 54.1 Å². The second kappa shape index (κ2) is 5.14. The molecule has 98 valence electrons. The van der Waals surface area contributed by atoms with Crippen molar-refractivity contribution in [1.82, 2.24) is 0 Å². The minimum atomic E-state index is -4.70. The minimum absolute atomic E-state index is 0.275. The highest BCUT2D eigenvalue weighted by atomic mass is 19.4. The molecular weight excluding hydrogens is 257 g/mol. The van der Waals surface area contributed by atoms with E-state index in [2.05, 4.69) is 4.74 Å². The third-order valence-electron chi connectivity index (χ3n) is 2.44. The van der Waals surface area contributed by atoms with Gasteiger partial charge in [-0.3, -0.25) is 4.79 Å². The van der Waals surface area contributed by atoms with Crippen LogP contribution in [0, 0.1) is 0 Å². The van der Waals surface area contributed by atoms with Crippen molar-refractivity contribution in [1.29, 1.82) is 0 Å². The fourth-order valence-electron chi connectivity index (χ4n) is 1.64. The van der Waals surface area contributed by atoms with Crippen LogP contribution in [-0.4, -0.2) is 12.6 Å². The summed E-state index contributed by atoms with van der Waals surface area (Å²) in [5.41, 5.74) is 1.97. The number of halogens is 3. The Morgan fingerprint density at radius 1 is 0.947 bits per heavy atom. The summed E-state index contributed by atoms with van der Waals surface area (Å²) in [5, 5.41) is 0. The summed E-state index contributed by atoms with van der Waals surface area (Å²) in [7, 11) is 0. The number of carbonyl (C=O) groups is 1. The first kappa shape index (κ1) is 13.1. The average Bonchev–Trinajstić information content (AvgIpc) is 2.38. The van der Waals surface area contributed by atoms with E-state index in [1.54, 1.807) is 24.3 Å². The van der Waals surface area contributed by atoms with Gasteiger partial charge >= 0.3 is 6.36 Å². The third kappa shape index (κ3) is 3.58. The summed E-state index contributed by atoms with van der Waals surface area (Å²) in [6, 6.07) is 12.3. The largest absolute Gasteiger partial charge is 0.573 e. The first-order chi connectivity index (χ1) is 8.98. The lowest BCUT2D eigenvalue weighted by Crippen LogP contribution is -2.16. The molecule has 0 heterocycles. The van der Waals surface area contributed by atoms with Gasteiger partial charge in [0, 0.05) is 5.56 Å². The van der Waals surface area contributed by atoms with E-state index in [1.807, 2.05) is 0 Å². The number of benzene rings is 2. The molecule has 0 radical (unpaired) electrons. The average molecular weight is 266 g/mol. The highest BCUT2D eigenvalue weighted by Crippen LogP contribution is 2.26. The van der Waals surface area contributed by atoms with Crippen LogP contribution < -0.4 is 4.74 Å². The summed E-state index contributed by atoms with van der Waals surface area (Å²) >= 11 is 0. The first-order valence-electron chi connectivity index (χ1n) is 5.39. The Labute approximate surface area is 107 Å². The lowest BCUT2D eigenvalue weighted by Gasteiger charge is -2.09. The maximum Gasteiger partial charge on any atom is 0.573 e. The molecule has 0 atom stereocenters. The van der Waals surface area contributed by atoms with Crippen LogP contribution in [0.1, 0.15) is 10.4 Å². The van der Waals surface area contributed by atoms with Crippen molar-refractivity contribution in [3.8, 4) is 16.9 Å². The first-order valence-corrected chi connectivity index (χ1v) is 5.39. The molecule has 2 aromatic carbocycles. The Kier molecular flexibility index (Phi) is 3.55. The molecule has 0 aromatic heterocycles. The molecule has 0 bridgehead atoms. The number of hydrogen-bond donors (Lipinski definition) is 0. The van der Waals surface area contributed by atoms with Gasteiger partial charge in [0.25, 0.3) is 0 Å². The quantitative estimate of drug-likeness (QED) is 0.783. The van der Waals surface area contributed by atoms with Crippen LogP contribution in [0.2, 0.25) is 0 Å². The van der Waals surface area contributed by atoms with Crippen LogP contribution >= 0.6 is 0 Å². The molecule has 0 N–H and O–H groups in total. The predicted octanol–water partition coefficient (Wildman–Crippen LogP) is 4.06. The van der Waals surface area contributed by atoms with Crippen molar-refractivity contribution < 1.29 is 22.7 Å². The molecule has 2 nitrogen and oxygen atoms in total. The van der Waals surface area contributed by atoms with Crippen molar-refractivity contribution >= 4 is 6.29 Å². The van der Waals surface area contributed by atoms with E-state index in [9.17, 15) is 18.0 Å². The number of carbonyl (C=O) groups excluding carboxylic acids is 1. The molecule has 0 saturated heterocycles. The summed E-state index contributed by atoms with van der Waals surface area (Å²) < 4.78 is 39.8. The number of hydrogen-bond acceptors (Lipinski definition) is 2. The molecule has 19 heavy (non-hydrogen) atoms. The molecule has 2 rings (SSSR count). The molecule has 0 unspecified atom stereocenters. The second-order valence-corrected chi connectivity index (χ2v) is 3.82. The van der Waals surface area contributed by atoms with Gasteiger partial charge in [-0.05, 0) is 29.3 Å². The molecule has 0 aliphatic heterocycles. The van der Waals surface area contributed by atoms with Crippen LogP contribution in [0.4, 0.5) is 13.2 Å². The minimum Gasteiger partial charge on any atom is -0.406 e. The Morgan fingerprint density at radius 3 is 2.21 bits per heavy atom. The highest BCUT2D eigenvalue weighted by molar-refractivity contribution is 5.78. The molecule has 2 aromatic rings. The molecule has 0 fully saturated rings. The number of ether oxygens (including phenoxy) is 1. The van der Waals surface area contributed by atoms with Crippen LogP contribution in [0.3, 0.4) is 0 Å². The summed E-state index contributed by atoms with van der Waals surface area (Å²) in [4.78, 5) is 10.7. The van der Waals surface area contributed by atoms with E-state index in [1.165, 1.54) is 24.3 Å². The van der Waals surface area contributed by atoms with E-state index in [0.29, 0.717) is 17.4 Å². The van der Waals surface area contributed by atoms with Gasteiger partial charge in [-0.2, -0.15) is 0 Å². The zero-order valence-corrected chi connectivity index (χ0v) is 9.65. The Bertz CT molecular complexity index is 574. The molecule has 0 aliphatic rings. The Morgan fingerprint density at radius 2 is 1.63 bits per heavy atom. The normalized spacial score (nSPS) is 11.1. The molecule has 0 amide bonds. The molecule has 0 saturated carbocycles. The molecular formula is C14H9F3O2. The smallest absolute Gasteiger partial charge is 0.406 e. The van der Waals surface area contributed by atoms with Gasteiger partial charge in [0.05, 0.1) is 0 Å². The van der Waals surface area contributed by atoms with Gasteiger partial charge in [-0.1, -0.05) is 30.3 Å². The van der Waals surface area contributed by atoms with Gasteiger partial charge in [0.2, 0.25) is 0 Å². The van der Waals surface area contributed by atoms with Gasteiger partial charge in [0.1, 0.15) is 12.0 Å². The predicted molar refractivity (Wildman–Crippen MR) is 63.9 cm³/mol. The lowest BCUT2D eigenvalue weighted by molar-refractivity contribution is -0.274. The van der Waals surface area contributed by atoms with E-state index < -0.39 is 6.36 Å². The van der Waals surface area contributed by atoms with E-state index in [0.717, 1.165) is 5.56 Å². The topological polar surface area (TPSA) is 26.3 Å². The lowest BCUT2D eigenvalue weighted by atomic mass is 10.0. The third-order valence-corrected chi connectivity index (χ3v) is 2.44. The number of alkyl halides is 3. The monoisotopic (exact) mass is 266 g/mol.